The number of imidazole rings is 1. The number of carbonyl (C=O) groups excluding carboxylic acids is 4. The summed E-state index contributed by atoms with van der Waals surface area (Å²) in [5.74, 6) is -1.06. The number of hydrogen-bond acceptors (Lipinski definition) is 12. The van der Waals surface area contributed by atoms with Crippen molar-refractivity contribution in [2.24, 2.45) is 0 Å². The molecule has 0 spiro atoms. The number of methoxy groups -OCH3 is 1. The van der Waals surface area contributed by atoms with Crippen molar-refractivity contribution in [3.8, 4) is 5.75 Å². The molecule has 0 saturated carbocycles. The number of anilines is 2. The molecule has 0 fully saturated rings. The Morgan fingerprint density at radius 2 is 1.76 bits per heavy atom. The molecular weight excluding hydrogens is 642 g/mol. The molecule has 49 heavy (non-hydrogen) atoms. The lowest BCUT2D eigenvalue weighted by molar-refractivity contribution is -0.384. The van der Waals surface area contributed by atoms with Gasteiger partial charge in [-0.25, -0.2) is 24.5 Å². The molecule has 0 bridgehead atoms. The minimum Gasteiger partial charge on any atom is -0.496 e. The number of alkyl carbamates (subject to hydrolysis) is 1. The van der Waals surface area contributed by atoms with Gasteiger partial charge in [0.1, 0.15) is 36.5 Å². The molecule has 0 atom stereocenters. The number of rotatable bonds is 13. The van der Waals surface area contributed by atoms with Gasteiger partial charge in [-0.05, 0) is 38.5 Å². The van der Waals surface area contributed by atoms with Gasteiger partial charge in [0.05, 0.1) is 31.0 Å². The van der Waals surface area contributed by atoms with E-state index in [4.69, 9.17) is 14.2 Å². The second-order valence-corrected chi connectivity index (χ2v) is 11.4. The van der Waals surface area contributed by atoms with E-state index in [1.165, 1.54) is 36.5 Å². The summed E-state index contributed by atoms with van der Waals surface area (Å²) in [6, 6.07) is 13.0. The number of hydrogen-bond donors (Lipinski definition) is 3. The smallest absolute Gasteiger partial charge is 0.413 e. The predicted molar refractivity (Wildman–Crippen MR) is 175 cm³/mol. The van der Waals surface area contributed by atoms with Crippen molar-refractivity contribution in [2.75, 3.05) is 37.4 Å². The van der Waals surface area contributed by atoms with E-state index in [0.717, 1.165) is 16.5 Å². The minimum absolute atomic E-state index is 0.0296. The van der Waals surface area contributed by atoms with Crippen LogP contribution in [-0.4, -0.2) is 85.7 Å². The Kier molecular flexibility index (Phi) is 11.6. The number of amides is 4. The van der Waals surface area contributed by atoms with Crippen molar-refractivity contribution in [3.05, 3.63) is 76.9 Å². The molecule has 0 unspecified atom stereocenters. The Morgan fingerprint density at radius 3 is 2.45 bits per heavy atom. The zero-order chi connectivity index (χ0) is 35.6. The number of carbonyl (C=O) groups is 4. The van der Waals surface area contributed by atoms with Gasteiger partial charge in [0.2, 0.25) is 11.8 Å². The van der Waals surface area contributed by atoms with Crippen molar-refractivity contribution >= 4 is 52.4 Å². The average Bonchev–Trinajstić information content (AvgIpc) is 3.46. The van der Waals surface area contributed by atoms with E-state index in [-0.39, 0.29) is 54.7 Å². The van der Waals surface area contributed by atoms with Gasteiger partial charge in [0.25, 0.3) is 5.69 Å². The van der Waals surface area contributed by atoms with E-state index in [9.17, 15) is 29.3 Å². The Bertz CT molecular complexity index is 1820. The quantitative estimate of drug-likeness (QED) is 0.137. The van der Waals surface area contributed by atoms with Crippen molar-refractivity contribution in [3.63, 3.8) is 0 Å². The number of nitrogens with zero attached hydrogens (tertiary/aromatic N) is 6. The standard InChI is InChI=1S/C31H35N9O9/c1-31(2,3)49-29(43)32-12-13-38(15-24(41)36-22-11-10-21(47-4)14-23(22)40(45)46)25(42)16-39-19-35-26-27(33-18-34-28(26)39)37-30(44)48-17-20-8-6-5-7-9-20/h5-11,14,18-19H,12-13,15-17H2,1-4H3,(H,32,43)(H,36,41)(H,33,34,37,44). The Balaban J connectivity index is 1.47. The lowest BCUT2D eigenvalue weighted by Crippen LogP contribution is -2.44. The van der Waals surface area contributed by atoms with Crippen LogP contribution in [0.15, 0.2) is 61.2 Å². The molecule has 18 nitrogen and oxygen atoms in total. The summed E-state index contributed by atoms with van der Waals surface area (Å²) in [5, 5.41) is 19.1. The van der Waals surface area contributed by atoms with Crippen LogP contribution in [0, 0.1) is 10.1 Å². The molecule has 0 aliphatic rings. The summed E-state index contributed by atoms with van der Waals surface area (Å²) in [4.78, 5) is 75.9. The summed E-state index contributed by atoms with van der Waals surface area (Å²) >= 11 is 0. The number of nitro groups is 1. The van der Waals surface area contributed by atoms with Crippen LogP contribution in [0.2, 0.25) is 0 Å². The maximum atomic E-state index is 13.6. The number of aromatic nitrogens is 4. The van der Waals surface area contributed by atoms with Crippen molar-refractivity contribution in [1.82, 2.24) is 29.7 Å². The average molecular weight is 678 g/mol. The maximum absolute atomic E-state index is 13.6. The van der Waals surface area contributed by atoms with Gasteiger partial charge >= 0.3 is 12.2 Å². The van der Waals surface area contributed by atoms with E-state index in [0.29, 0.717) is 0 Å². The lowest BCUT2D eigenvalue weighted by atomic mass is 10.2. The lowest BCUT2D eigenvalue weighted by Gasteiger charge is -2.24. The summed E-state index contributed by atoms with van der Waals surface area (Å²) in [7, 11) is 1.35. The second-order valence-electron chi connectivity index (χ2n) is 11.4. The zero-order valence-corrected chi connectivity index (χ0v) is 27.2. The van der Waals surface area contributed by atoms with E-state index in [1.807, 2.05) is 18.2 Å². The highest BCUT2D eigenvalue weighted by Gasteiger charge is 2.24. The van der Waals surface area contributed by atoms with Crippen molar-refractivity contribution in [1.29, 1.82) is 0 Å². The molecule has 2 heterocycles. The third kappa shape index (κ3) is 10.3. The van der Waals surface area contributed by atoms with Gasteiger partial charge in [-0.15, -0.1) is 0 Å². The van der Waals surface area contributed by atoms with Gasteiger partial charge < -0.3 is 34.3 Å². The fourth-order valence-electron chi connectivity index (χ4n) is 4.35. The number of nitrogens with one attached hydrogen (secondary N) is 3. The maximum Gasteiger partial charge on any atom is 0.413 e. The molecule has 4 aromatic rings. The topological polar surface area (TPSA) is 222 Å². The number of ether oxygens (including phenoxy) is 3. The molecule has 4 amide bonds. The molecule has 0 aliphatic carbocycles. The normalized spacial score (nSPS) is 10.9. The van der Waals surface area contributed by atoms with E-state index in [2.05, 4.69) is 30.9 Å². The fourth-order valence-corrected chi connectivity index (χ4v) is 4.35. The summed E-state index contributed by atoms with van der Waals surface area (Å²) in [6.45, 7) is 4.02. The first kappa shape index (κ1) is 35.5. The van der Waals surface area contributed by atoms with Crippen LogP contribution in [0.25, 0.3) is 11.2 Å². The minimum atomic E-state index is -0.777. The van der Waals surface area contributed by atoms with Crippen LogP contribution >= 0.6 is 0 Å². The number of fused-ring (bicyclic) bond motifs is 1. The molecule has 0 aliphatic heterocycles. The Morgan fingerprint density at radius 1 is 1.00 bits per heavy atom. The molecule has 2 aromatic carbocycles. The SMILES string of the molecule is COc1ccc(NC(=O)CN(CCNC(=O)OC(C)(C)C)C(=O)Cn2cnc3c(NC(=O)OCc4ccccc4)ncnc32)c([N+](=O)[O-])c1. The molecule has 258 valence electrons. The van der Waals surface area contributed by atoms with Gasteiger partial charge in [0, 0.05) is 13.1 Å². The van der Waals surface area contributed by atoms with Crippen LogP contribution in [0.5, 0.6) is 5.75 Å². The van der Waals surface area contributed by atoms with Gasteiger partial charge in [-0.2, -0.15) is 0 Å². The molecule has 4 rings (SSSR count). The first-order valence-corrected chi connectivity index (χ1v) is 14.8. The zero-order valence-electron chi connectivity index (χ0n) is 27.2. The highest BCUT2D eigenvalue weighted by molar-refractivity contribution is 5.97. The van der Waals surface area contributed by atoms with Crippen LogP contribution in [-0.2, 0) is 32.2 Å². The van der Waals surface area contributed by atoms with E-state index >= 15 is 0 Å². The van der Waals surface area contributed by atoms with Gasteiger partial charge in [0.15, 0.2) is 17.0 Å². The summed E-state index contributed by atoms with van der Waals surface area (Å²) in [5.41, 5.74) is -0.107. The summed E-state index contributed by atoms with van der Waals surface area (Å²) in [6.07, 6.45) is 0.990. The van der Waals surface area contributed by atoms with Crippen LogP contribution in [0.4, 0.5) is 26.8 Å². The first-order valence-electron chi connectivity index (χ1n) is 14.8. The van der Waals surface area contributed by atoms with Crippen molar-refractivity contribution < 1.29 is 38.3 Å². The van der Waals surface area contributed by atoms with E-state index in [1.54, 1.807) is 32.9 Å². The van der Waals surface area contributed by atoms with Crippen LogP contribution in [0.3, 0.4) is 0 Å². The highest BCUT2D eigenvalue weighted by atomic mass is 16.6. The molecule has 0 saturated heterocycles. The number of benzene rings is 2. The Hall–Kier alpha value is -6.33. The van der Waals surface area contributed by atoms with E-state index < -0.39 is 46.8 Å². The third-order valence-corrected chi connectivity index (χ3v) is 6.55. The largest absolute Gasteiger partial charge is 0.496 e. The van der Waals surface area contributed by atoms with Crippen LogP contribution in [0.1, 0.15) is 26.3 Å². The second kappa shape index (κ2) is 16.0. The number of nitro benzene ring substituents is 1. The molecule has 18 heteroatoms. The highest BCUT2D eigenvalue weighted by Crippen LogP contribution is 2.29. The fraction of sp³-hybridized carbons (Fsp3) is 0.323. The molecule has 0 radical (unpaired) electrons. The molecular formula is C31H35N9O9. The van der Waals surface area contributed by atoms with Crippen molar-refractivity contribution in [2.45, 2.75) is 39.5 Å². The molecule has 2 aromatic heterocycles. The van der Waals surface area contributed by atoms with Gasteiger partial charge in [-0.3, -0.25) is 25.0 Å². The van der Waals surface area contributed by atoms with Gasteiger partial charge in [-0.1, -0.05) is 30.3 Å². The third-order valence-electron chi connectivity index (χ3n) is 6.55. The summed E-state index contributed by atoms with van der Waals surface area (Å²) < 4.78 is 16.9. The monoisotopic (exact) mass is 677 g/mol. The predicted octanol–water partition coefficient (Wildman–Crippen LogP) is 3.48. The molecule has 3 N–H and O–H groups in total. The van der Waals surface area contributed by atoms with Crippen LogP contribution < -0.4 is 20.7 Å². The Labute approximate surface area is 279 Å². The first-order chi connectivity index (χ1) is 23.3.